The second-order valence-corrected chi connectivity index (χ2v) is 6.42. The first-order valence-electron chi connectivity index (χ1n) is 8.35. The quantitative estimate of drug-likeness (QED) is 0.635. The molecule has 0 spiro atoms. The minimum Gasteiger partial charge on any atom is -0.481 e. The average Bonchev–Trinajstić information content (AvgIpc) is 2.55. The van der Waals surface area contributed by atoms with Crippen molar-refractivity contribution in [3.63, 3.8) is 0 Å². The monoisotopic (exact) mass is 387 g/mol. The Morgan fingerprint density at radius 1 is 1.07 bits per heavy atom. The molecule has 1 aromatic carbocycles. The maximum atomic E-state index is 13.3. The number of halogens is 3. The number of amides is 3. The second kappa shape index (κ2) is 8.28. The Morgan fingerprint density at radius 3 is 2.22 bits per heavy atom. The van der Waals surface area contributed by atoms with Crippen LogP contribution >= 0.6 is 0 Å². The molecular formula is C17H20F3N3O4. The normalized spacial score (nSPS) is 19.9. The molecule has 4 N–H and O–H groups in total. The van der Waals surface area contributed by atoms with Gasteiger partial charge in [-0.05, 0) is 43.9 Å². The molecule has 10 heteroatoms. The Balaban J connectivity index is 2.04. The molecule has 27 heavy (non-hydrogen) atoms. The van der Waals surface area contributed by atoms with E-state index in [2.05, 4.69) is 16.0 Å². The van der Waals surface area contributed by atoms with Gasteiger partial charge in [0.25, 0.3) is 0 Å². The Morgan fingerprint density at radius 2 is 1.70 bits per heavy atom. The number of carboxylic acids is 1. The van der Waals surface area contributed by atoms with E-state index in [1.165, 1.54) is 13.0 Å². The van der Waals surface area contributed by atoms with E-state index in [1.807, 2.05) is 0 Å². The predicted octanol–water partition coefficient (Wildman–Crippen LogP) is 3.43. The van der Waals surface area contributed by atoms with Gasteiger partial charge in [0.1, 0.15) is 0 Å². The van der Waals surface area contributed by atoms with Crippen molar-refractivity contribution in [3.8, 4) is 0 Å². The van der Waals surface area contributed by atoms with E-state index in [4.69, 9.17) is 5.11 Å². The molecule has 1 saturated carbocycles. The van der Waals surface area contributed by atoms with E-state index < -0.39 is 41.3 Å². The Hall–Kier alpha value is -2.78. The third-order valence-corrected chi connectivity index (χ3v) is 4.31. The zero-order chi connectivity index (χ0) is 20.2. The molecule has 1 aliphatic rings. The van der Waals surface area contributed by atoms with Gasteiger partial charge in [0.05, 0.1) is 17.2 Å². The minimum atomic E-state index is -4.73. The summed E-state index contributed by atoms with van der Waals surface area (Å²) in [6.07, 6.45) is -3.04. The van der Waals surface area contributed by atoms with Crippen LogP contribution in [0.5, 0.6) is 0 Å². The van der Waals surface area contributed by atoms with E-state index >= 15 is 0 Å². The summed E-state index contributed by atoms with van der Waals surface area (Å²) in [4.78, 5) is 34.0. The number of aliphatic carboxylic acids is 1. The van der Waals surface area contributed by atoms with Crippen molar-refractivity contribution >= 4 is 29.3 Å². The molecule has 0 bridgehead atoms. The Kier molecular flexibility index (Phi) is 6.29. The first-order valence-corrected chi connectivity index (χ1v) is 8.35. The van der Waals surface area contributed by atoms with Gasteiger partial charge in [0.15, 0.2) is 0 Å². The third kappa shape index (κ3) is 5.87. The molecule has 1 aromatic rings. The summed E-state index contributed by atoms with van der Waals surface area (Å²) in [6, 6.07) is 1.97. The third-order valence-electron chi connectivity index (χ3n) is 4.31. The summed E-state index contributed by atoms with van der Waals surface area (Å²) in [7, 11) is 0. The van der Waals surface area contributed by atoms with E-state index in [-0.39, 0.29) is 11.7 Å². The van der Waals surface area contributed by atoms with Crippen molar-refractivity contribution in [2.75, 3.05) is 10.6 Å². The number of carbonyl (C=O) groups is 3. The number of hydrogen-bond donors (Lipinski definition) is 4. The number of nitrogens with one attached hydrogen (secondary N) is 3. The lowest BCUT2D eigenvalue weighted by Gasteiger charge is -2.27. The van der Waals surface area contributed by atoms with Crippen LogP contribution in [0.1, 0.15) is 38.2 Å². The number of alkyl halides is 3. The second-order valence-electron chi connectivity index (χ2n) is 6.42. The topological polar surface area (TPSA) is 108 Å². The highest BCUT2D eigenvalue weighted by molar-refractivity contribution is 5.92. The number of benzene rings is 1. The van der Waals surface area contributed by atoms with Crippen molar-refractivity contribution in [1.82, 2.24) is 5.32 Å². The van der Waals surface area contributed by atoms with Gasteiger partial charge in [-0.15, -0.1) is 0 Å². The van der Waals surface area contributed by atoms with Crippen LogP contribution in [0.15, 0.2) is 18.2 Å². The molecule has 2 rings (SSSR count). The molecule has 0 heterocycles. The van der Waals surface area contributed by atoms with E-state index in [1.54, 1.807) is 0 Å². The van der Waals surface area contributed by atoms with Gasteiger partial charge >= 0.3 is 18.2 Å². The molecule has 1 aliphatic carbocycles. The molecule has 0 saturated heterocycles. The largest absolute Gasteiger partial charge is 0.481 e. The van der Waals surface area contributed by atoms with Gasteiger partial charge in [-0.2, -0.15) is 13.2 Å². The Labute approximate surface area is 153 Å². The number of urea groups is 1. The van der Waals surface area contributed by atoms with E-state index in [0.29, 0.717) is 25.7 Å². The molecule has 1 fully saturated rings. The summed E-state index contributed by atoms with van der Waals surface area (Å²) in [6.45, 7) is 1.17. The molecule has 7 nitrogen and oxygen atoms in total. The lowest BCUT2D eigenvalue weighted by atomic mass is 9.86. The molecule has 0 aromatic heterocycles. The van der Waals surface area contributed by atoms with Crippen molar-refractivity contribution in [2.45, 2.75) is 44.8 Å². The van der Waals surface area contributed by atoms with Crippen LogP contribution < -0.4 is 16.0 Å². The molecule has 3 amide bonds. The predicted molar refractivity (Wildman–Crippen MR) is 91.3 cm³/mol. The van der Waals surface area contributed by atoms with Gasteiger partial charge in [-0.1, -0.05) is 0 Å². The molecular weight excluding hydrogens is 367 g/mol. The fourth-order valence-corrected chi connectivity index (χ4v) is 3.00. The lowest BCUT2D eigenvalue weighted by molar-refractivity contribution is -0.143. The van der Waals surface area contributed by atoms with Crippen LogP contribution in [0.2, 0.25) is 0 Å². The van der Waals surface area contributed by atoms with E-state index in [0.717, 1.165) is 12.1 Å². The molecule has 0 atom stereocenters. The fourth-order valence-electron chi connectivity index (χ4n) is 3.00. The number of carboxylic acid groups (broad SMARTS) is 1. The maximum Gasteiger partial charge on any atom is 0.418 e. The zero-order valence-corrected chi connectivity index (χ0v) is 14.5. The minimum absolute atomic E-state index is 0.0345. The van der Waals surface area contributed by atoms with Crippen LogP contribution in [-0.4, -0.2) is 29.1 Å². The smallest absolute Gasteiger partial charge is 0.418 e. The molecule has 0 unspecified atom stereocenters. The summed E-state index contributed by atoms with van der Waals surface area (Å²) in [5.41, 5.74) is -1.56. The van der Waals surface area contributed by atoms with Gasteiger partial charge in [-0.25, -0.2) is 4.79 Å². The van der Waals surface area contributed by atoms with Crippen molar-refractivity contribution in [1.29, 1.82) is 0 Å². The average molecular weight is 387 g/mol. The maximum absolute atomic E-state index is 13.3. The van der Waals surface area contributed by atoms with Crippen LogP contribution in [0.25, 0.3) is 0 Å². The molecule has 0 aliphatic heterocycles. The summed E-state index contributed by atoms with van der Waals surface area (Å²) in [5, 5.41) is 16.0. The highest BCUT2D eigenvalue weighted by Crippen LogP contribution is 2.36. The summed E-state index contributed by atoms with van der Waals surface area (Å²) in [5.74, 6) is -1.85. The SMILES string of the molecule is CC(=O)Nc1ccc(NC(=O)NC2CCC(C(=O)O)CC2)c(C(F)(F)F)c1. The highest BCUT2D eigenvalue weighted by atomic mass is 19.4. The van der Waals surface area contributed by atoms with Gasteiger partial charge < -0.3 is 21.1 Å². The van der Waals surface area contributed by atoms with Gasteiger partial charge in [0, 0.05) is 18.7 Å². The van der Waals surface area contributed by atoms with Gasteiger partial charge in [-0.3, -0.25) is 9.59 Å². The van der Waals surface area contributed by atoms with Crippen LogP contribution in [0, 0.1) is 5.92 Å². The summed E-state index contributed by atoms with van der Waals surface area (Å²) < 4.78 is 39.8. The highest BCUT2D eigenvalue weighted by Gasteiger charge is 2.34. The number of hydrogen-bond acceptors (Lipinski definition) is 3. The van der Waals surface area contributed by atoms with Crippen LogP contribution in [0.3, 0.4) is 0 Å². The number of rotatable bonds is 4. The van der Waals surface area contributed by atoms with Crippen LogP contribution in [-0.2, 0) is 15.8 Å². The first kappa shape index (κ1) is 20.5. The van der Waals surface area contributed by atoms with Crippen LogP contribution in [0.4, 0.5) is 29.3 Å². The first-order chi connectivity index (χ1) is 12.6. The molecule has 0 radical (unpaired) electrons. The zero-order valence-electron chi connectivity index (χ0n) is 14.5. The Bertz CT molecular complexity index is 729. The van der Waals surface area contributed by atoms with Crippen molar-refractivity contribution in [3.05, 3.63) is 23.8 Å². The van der Waals surface area contributed by atoms with Crippen molar-refractivity contribution in [2.24, 2.45) is 5.92 Å². The fraction of sp³-hybridized carbons (Fsp3) is 0.471. The number of anilines is 2. The van der Waals surface area contributed by atoms with Crippen molar-refractivity contribution < 1.29 is 32.7 Å². The standard InChI is InChI=1S/C17H20F3N3O4/c1-9(24)21-12-6-7-14(13(8-12)17(18,19)20)23-16(27)22-11-4-2-10(3-5-11)15(25)26/h6-8,10-11H,2-5H2,1H3,(H,21,24)(H,25,26)(H2,22,23,27). The molecule has 148 valence electrons. The number of carbonyl (C=O) groups excluding carboxylic acids is 2. The van der Waals surface area contributed by atoms with Gasteiger partial charge in [0.2, 0.25) is 5.91 Å². The van der Waals surface area contributed by atoms with E-state index in [9.17, 15) is 27.6 Å². The summed E-state index contributed by atoms with van der Waals surface area (Å²) >= 11 is 0. The lowest BCUT2D eigenvalue weighted by Crippen LogP contribution is -2.41.